The van der Waals surface area contributed by atoms with Crippen LogP contribution in [0.15, 0.2) is 60.7 Å². The van der Waals surface area contributed by atoms with Crippen LogP contribution in [0.1, 0.15) is 38.3 Å². The van der Waals surface area contributed by atoms with Crippen molar-refractivity contribution in [1.82, 2.24) is 10.2 Å². The number of nitrogens with zero attached hydrogens (tertiary/aromatic N) is 1. The zero-order valence-electron chi connectivity index (χ0n) is 14.5. The number of piperazine rings is 1. The number of rotatable bonds is 4. The summed E-state index contributed by atoms with van der Waals surface area (Å²) in [6, 6.07) is 21.7. The first-order valence-electron chi connectivity index (χ1n) is 8.65. The van der Waals surface area contributed by atoms with Gasteiger partial charge in [0.05, 0.1) is 5.54 Å². The van der Waals surface area contributed by atoms with Gasteiger partial charge in [0, 0.05) is 25.2 Å². The van der Waals surface area contributed by atoms with Crippen molar-refractivity contribution in [2.45, 2.75) is 44.8 Å². The van der Waals surface area contributed by atoms with Crippen LogP contribution in [0.2, 0.25) is 0 Å². The summed E-state index contributed by atoms with van der Waals surface area (Å²) in [6.45, 7) is 10.1. The lowest BCUT2D eigenvalue weighted by atomic mass is 9.82. The summed E-state index contributed by atoms with van der Waals surface area (Å²) in [7, 11) is 0. The Kier molecular flexibility index (Phi) is 4.56. The van der Waals surface area contributed by atoms with E-state index in [0.717, 1.165) is 26.1 Å². The second-order valence-corrected chi connectivity index (χ2v) is 7.24. The molecule has 2 nitrogen and oxygen atoms in total. The fourth-order valence-corrected chi connectivity index (χ4v) is 3.52. The zero-order chi connectivity index (χ0) is 16.3. The maximum Gasteiger partial charge on any atom is 0.0535 e. The fraction of sp³-hybridized carbons (Fsp3) is 0.429. The van der Waals surface area contributed by atoms with E-state index in [1.165, 1.54) is 11.1 Å². The summed E-state index contributed by atoms with van der Waals surface area (Å²) in [4.78, 5) is 2.66. The summed E-state index contributed by atoms with van der Waals surface area (Å²) in [5, 5.41) is 3.83. The highest BCUT2D eigenvalue weighted by molar-refractivity contribution is 5.26. The summed E-state index contributed by atoms with van der Waals surface area (Å²) >= 11 is 0. The molecule has 1 saturated heterocycles. The monoisotopic (exact) mass is 308 g/mol. The first-order chi connectivity index (χ1) is 11.1. The van der Waals surface area contributed by atoms with E-state index in [-0.39, 0.29) is 11.1 Å². The normalized spacial score (nSPS) is 28.7. The molecule has 1 N–H and O–H groups in total. The predicted molar refractivity (Wildman–Crippen MR) is 97.3 cm³/mol. The minimum atomic E-state index is 0.00468. The van der Waals surface area contributed by atoms with Gasteiger partial charge in [-0.3, -0.25) is 4.90 Å². The molecule has 1 heterocycles. The maximum absolute atomic E-state index is 3.83. The van der Waals surface area contributed by atoms with Crippen molar-refractivity contribution in [3.8, 4) is 0 Å². The molecule has 0 radical (unpaired) electrons. The van der Waals surface area contributed by atoms with Gasteiger partial charge in [0.15, 0.2) is 0 Å². The van der Waals surface area contributed by atoms with Crippen molar-refractivity contribution in [1.29, 1.82) is 0 Å². The molecule has 23 heavy (non-hydrogen) atoms. The van der Waals surface area contributed by atoms with Gasteiger partial charge in [0.25, 0.3) is 0 Å². The molecule has 2 aromatic rings. The van der Waals surface area contributed by atoms with Crippen LogP contribution in [0.5, 0.6) is 0 Å². The van der Waals surface area contributed by atoms with Crippen molar-refractivity contribution >= 4 is 0 Å². The van der Waals surface area contributed by atoms with Crippen LogP contribution in [0, 0.1) is 0 Å². The second kappa shape index (κ2) is 6.46. The van der Waals surface area contributed by atoms with E-state index in [9.17, 15) is 0 Å². The molecule has 0 bridgehead atoms. The van der Waals surface area contributed by atoms with Gasteiger partial charge >= 0.3 is 0 Å². The zero-order valence-corrected chi connectivity index (χ0v) is 14.5. The molecule has 0 amide bonds. The molecule has 0 saturated carbocycles. The number of hydrogen-bond acceptors (Lipinski definition) is 2. The van der Waals surface area contributed by atoms with Crippen molar-refractivity contribution in [3.63, 3.8) is 0 Å². The van der Waals surface area contributed by atoms with E-state index in [2.05, 4.69) is 91.7 Å². The van der Waals surface area contributed by atoms with Gasteiger partial charge < -0.3 is 5.32 Å². The van der Waals surface area contributed by atoms with Gasteiger partial charge in [-0.25, -0.2) is 0 Å². The van der Waals surface area contributed by atoms with Gasteiger partial charge in [0.1, 0.15) is 0 Å². The highest BCUT2D eigenvalue weighted by atomic mass is 15.3. The summed E-state index contributed by atoms with van der Waals surface area (Å²) in [5.74, 6) is 0. The SMILES string of the molecule is CCC1(C)CNC(C)(c2ccccc2)CN1Cc1ccccc1. The third-order valence-electron chi connectivity index (χ3n) is 5.52. The number of nitrogens with one attached hydrogen (secondary N) is 1. The van der Waals surface area contributed by atoms with Gasteiger partial charge in [-0.1, -0.05) is 67.6 Å². The molecule has 122 valence electrons. The van der Waals surface area contributed by atoms with Gasteiger partial charge in [0.2, 0.25) is 0 Å². The Morgan fingerprint density at radius 1 is 0.957 bits per heavy atom. The molecular formula is C21H28N2. The van der Waals surface area contributed by atoms with Gasteiger partial charge in [-0.2, -0.15) is 0 Å². The van der Waals surface area contributed by atoms with E-state index >= 15 is 0 Å². The van der Waals surface area contributed by atoms with E-state index in [1.807, 2.05) is 0 Å². The number of benzene rings is 2. The molecule has 2 aromatic carbocycles. The minimum absolute atomic E-state index is 0.00468. The Balaban J connectivity index is 1.87. The Morgan fingerprint density at radius 2 is 1.57 bits per heavy atom. The first kappa shape index (κ1) is 16.2. The van der Waals surface area contributed by atoms with Crippen LogP contribution >= 0.6 is 0 Å². The smallest absolute Gasteiger partial charge is 0.0535 e. The average Bonchev–Trinajstić information content (AvgIpc) is 2.60. The lowest BCUT2D eigenvalue weighted by molar-refractivity contribution is 0.0102. The first-order valence-corrected chi connectivity index (χ1v) is 8.65. The number of hydrogen-bond donors (Lipinski definition) is 1. The largest absolute Gasteiger partial charge is 0.305 e. The van der Waals surface area contributed by atoms with Crippen LogP contribution < -0.4 is 5.32 Å². The highest BCUT2D eigenvalue weighted by Gasteiger charge is 2.42. The summed E-state index contributed by atoms with van der Waals surface area (Å²) in [6.07, 6.45) is 1.15. The third-order valence-corrected chi connectivity index (χ3v) is 5.52. The topological polar surface area (TPSA) is 15.3 Å². The summed E-state index contributed by atoms with van der Waals surface area (Å²) < 4.78 is 0. The maximum atomic E-state index is 3.83. The lowest BCUT2D eigenvalue weighted by Crippen LogP contribution is -2.66. The third kappa shape index (κ3) is 3.34. The Morgan fingerprint density at radius 3 is 2.17 bits per heavy atom. The Labute approximate surface area is 140 Å². The molecule has 2 unspecified atom stereocenters. The van der Waals surface area contributed by atoms with Crippen molar-refractivity contribution in [2.24, 2.45) is 0 Å². The van der Waals surface area contributed by atoms with E-state index in [4.69, 9.17) is 0 Å². The molecule has 2 heteroatoms. The standard InChI is InChI=1S/C21H28N2/c1-4-20(2)16-22-21(3,19-13-9-6-10-14-19)17-23(20)15-18-11-7-5-8-12-18/h5-14,22H,4,15-17H2,1-3H3. The van der Waals surface area contributed by atoms with E-state index in [0.29, 0.717) is 0 Å². The van der Waals surface area contributed by atoms with Crippen molar-refractivity contribution in [3.05, 3.63) is 71.8 Å². The highest BCUT2D eigenvalue weighted by Crippen LogP contribution is 2.33. The van der Waals surface area contributed by atoms with Crippen LogP contribution in [0.3, 0.4) is 0 Å². The molecular weight excluding hydrogens is 280 g/mol. The summed E-state index contributed by atoms with van der Waals surface area (Å²) in [5.41, 5.74) is 2.97. The molecule has 2 atom stereocenters. The lowest BCUT2D eigenvalue weighted by Gasteiger charge is -2.52. The molecule has 1 aliphatic heterocycles. The molecule has 3 rings (SSSR count). The quantitative estimate of drug-likeness (QED) is 0.911. The predicted octanol–water partition coefficient (Wildman–Crippen LogP) is 4.18. The van der Waals surface area contributed by atoms with Crippen LogP contribution in [0.4, 0.5) is 0 Å². The average molecular weight is 308 g/mol. The van der Waals surface area contributed by atoms with Crippen molar-refractivity contribution in [2.75, 3.05) is 13.1 Å². The molecule has 0 aromatic heterocycles. The Bertz CT molecular complexity index is 625. The van der Waals surface area contributed by atoms with Gasteiger partial charge in [-0.05, 0) is 31.4 Å². The second-order valence-electron chi connectivity index (χ2n) is 7.24. The van der Waals surface area contributed by atoms with E-state index in [1.54, 1.807) is 0 Å². The van der Waals surface area contributed by atoms with Crippen LogP contribution in [-0.4, -0.2) is 23.5 Å². The minimum Gasteiger partial charge on any atom is -0.305 e. The molecule has 0 aliphatic carbocycles. The Hall–Kier alpha value is -1.64. The molecule has 1 aliphatic rings. The van der Waals surface area contributed by atoms with E-state index < -0.39 is 0 Å². The van der Waals surface area contributed by atoms with Crippen molar-refractivity contribution < 1.29 is 0 Å². The van der Waals surface area contributed by atoms with Gasteiger partial charge in [-0.15, -0.1) is 0 Å². The molecule has 1 fully saturated rings. The van der Waals surface area contributed by atoms with Crippen LogP contribution in [-0.2, 0) is 12.1 Å². The fourth-order valence-electron chi connectivity index (χ4n) is 3.52. The van der Waals surface area contributed by atoms with Crippen LogP contribution in [0.25, 0.3) is 0 Å². The molecule has 0 spiro atoms.